The number of esters is 2. The number of carbonyl (C=O) groups excluding carboxylic acids is 2. The summed E-state index contributed by atoms with van der Waals surface area (Å²) in [6.07, 6.45) is 7.58. The van der Waals surface area contributed by atoms with Crippen molar-refractivity contribution in [3.8, 4) is 0 Å². The van der Waals surface area contributed by atoms with E-state index in [1.807, 2.05) is 6.92 Å². The summed E-state index contributed by atoms with van der Waals surface area (Å²) in [6.45, 7) is 7.72. The Morgan fingerprint density at radius 3 is 2.29 bits per heavy atom. The highest BCUT2D eigenvalue weighted by Crippen LogP contribution is 2.37. The van der Waals surface area contributed by atoms with Crippen LogP contribution >= 0.6 is 0 Å². The Balaban J connectivity index is 1.98. The van der Waals surface area contributed by atoms with Crippen LogP contribution in [0.5, 0.6) is 0 Å². The average molecular weight is 355 g/mol. The minimum atomic E-state index is -0.851. The van der Waals surface area contributed by atoms with Crippen molar-refractivity contribution in [3.05, 3.63) is 11.3 Å². The first-order valence-corrected chi connectivity index (χ1v) is 10.6. The van der Waals surface area contributed by atoms with Crippen LogP contribution in [-0.4, -0.2) is 40.1 Å². The van der Waals surface area contributed by atoms with Gasteiger partial charge in [-0.15, -0.1) is 0 Å². The zero-order valence-corrected chi connectivity index (χ0v) is 16.6. The van der Waals surface area contributed by atoms with Gasteiger partial charge >= 0.3 is 11.9 Å². The Kier molecular flexibility index (Phi) is 7.19. The number of allylic oxidation sites excluding steroid dienone is 2. The van der Waals surface area contributed by atoms with Gasteiger partial charge in [0.25, 0.3) is 0 Å². The van der Waals surface area contributed by atoms with Crippen LogP contribution in [0.4, 0.5) is 0 Å². The number of unbranched alkanes of at least 4 members (excludes halogenated alkanes) is 2. The maximum absolute atomic E-state index is 11.8. The summed E-state index contributed by atoms with van der Waals surface area (Å²) in [5, 5.41) is 1.26. The number of ether oxygens (including phenoxy) is 3. The van der Waals surface area contributed by atoms with Gasteiger partial charge in [-0.05, 0) is 32.6 Å². The van der Waals surface area contributed by atoms with Crippen LogP contribution in [0.3, 0.4) is 0 Å². The molecule has 2 unspecified atom stereocenters. The number of rotatable bonds is 10. The summed E-state index contributed by atoms with van der Waals surface area (Å²) in [4.78, 5) is 23.5. The quantitative estimate of drug-likeness (QED) is 0.198. The number of hydrogen-bond donors (Lipinski definition) is 0. The lowest BCUT2D eigenvalue weighted by atomic mass is 9.85. The van der Waals surface area contributed by atoms with E-state index in [1.54, 1.807) is 0 Å². The molecule has 1 aliphatic heterocycles. The molecule has 1 saturated heterocycles. The zero-order chi connectivity index (χ0) is 17.6. The molecule has 6 heteroatoms. The topological polar surface area (TPSA) is 61.8 Å². The van der Waals surface area contributed by atoms with Gasteiger partial charge in [-0.3, -0.25) is 9.59 Å². The molecule has 0 saturated carbocycles. The van der Waals surface area contributed by atoms with Crippen LogP contribution in [-0.2, 0) is 23.8 Å². The lowest BCUT2D eigenvalue weighted by Crippen LogP contribution is -2.42. The molecule has 1 heterocycles. The van der Waals surface area contributed by atoms with Crippen LogP contribution in [0.1, 0.15) is 59.3 Å². The molecule has 0 N–H and O–H groups in total. The maximum atomic E-state index is 11.8. The standard InChI is InChI=1S/C18H30O5Si/c1-4-6-10-21-18(3,22-11-7-5-2)24-13-8-9-14-15(12-13)17(20)23-16(14)19/h8,14-15H,4-7,9-12,24H2,1-3H3. The highest BCUT2D eigenvalue weighted by molar-refractivity contribution is 6.48. The second kappa shape index (κ2) is 8.92. The molecular weight excluding hydrogens is 324 g/mol. The van der Waals surface area contributed by atoms with Crippen molar-refractivity contribution >= 4 is 21.5 Å². The first-order valence-electron chi connectivity index (χ1n) is 9.20. The SMILES string of the molecule is CCCCOC(C)(OCCCC)[SiH2]C1=CCC2C(=O)OC(=O)C2C1. The van der Waals surface area contributed by atoms with E-state index in [-0.39, 0.29) is 23.8 Å². The van der Waals surface area contributed by atoms with Crippen molar-refractivity contribution in [1.29, 1.82) is 0 Å². The fraction of sp³-hybridized carbons (Fsp3) is 0.778. The highest BCUT2D eigenvalue weighted by atomic mass is 28.2. The Morgan fingerprint density at radius 2 is 1.71 bits per heavy atom. The molecule has 136 valence electrons. The smallest absolute Gasteiger partial charge is 0.317 e. The van der Waals surface area contributed by atoms with Crippen molar-refractivity contribution in [2.45, 2.75) is 64.7 Å². The van der Waals surface area contributed by atoms with E-state index in [4.69, 9.17) is 14.2 Å². The average Bonchev–Trinajstić information content (AvgIpc) is 2.82. The molecule has 2 rings (SSSR count). The second-order valence-corrected chi connectivity index (χ2v) is 9.52. The molecule has 5 nitrogen and oxygen atoms in total. The van der Waals surface area contributed by atoms with Crippen molar-refractivity contribution in [3.63, 3.8) is 0 Å². The highest BCUT2D eigenvalue weighted by Gasteiger charge is 2.46. The first-order chi connectivity index (χ1) is 11.5. The van der Waals surface area contributed by atoms with Crippen LogP contribution in [0, 0.1) is 11.8 Å². The Bertz CT molecular complexity index is 478. The lowest BCUT2D eigenvalue weighted by molar-refractivity contribution is -0.169. The molecule has 2 atom stereocenters. The van der Waals surface area contributed by atoms with E-state index in [9.17, 15) is 9.59 Å². The van der Waals surface area contributed by atoms with E-state index in [2.05, 4.69) is 19.9 Å². The summed E-state index contributed by atoms with van der Waals surface area (Å²) < 4.78 is 17.0. The van der Waals surface area contributed by atoms with Crippen LogP contribution in [0.2, 0.25) is 0 Å². The third-order valence-electron chi connectivity index (χ3n) is 4.79. The molecule has 0 aromatic heterocycles. The van der Waals surface area contributed by atoms with E-state index in [1.165, 1.54) is 5.20 Å². The normalized spacial score (nSPS) is 24.4. The molecular formula is C18H30O5Si. The van der Waals surface area contributed by atoms with Gasteiger partial charge in [0.2, 0.25) is 0 Å². The predicted octanol–water partition coefficient (Wildman–Crippen LogP) is 2.46. The van der Waals surface area contributed by atoms with E-state index in [0.717, 1.165) is 25.7 Å². The summed E-state index contributed by atoms with van der Waals surface area (Å²) in [5.41, 5.74) is -0.532. The van der Waals surface area contributed by atoms with Gasteiger partial charge in [-0.2, -0.15) is 0 Å². The molecule has 0 radical (unpaired) electrons. The van der Waals surface area contributed by atoms with Crippen molar-refractivity contribution in [2.24, 2.45) is 11.8 Å². The summed E-state index contributed by atoms with van der Waals surface area (Å²) in [6, 6.07) is 0. The molecule has 0 aromatic carbocycles. The third-order valence-corrected chi connectivity index (χ3v) is 6.88. The van der Waals surface area contributed by atoms with Gasteiger partial charge < -0.3 is 14.2 Å². The van der Waals surface area contributed by atoms with Crippen LogP contribution in [0.25, 0.3) is 0 Å². The van der Waals surface area contributed by atoms with Crippen molar-refractivity contribution < 1.29 is 23.8 Å². The predicted molar refractivity (Wildman–Crippen MR) is 94.1 cm³/mol. The van der Waals surface area contributed by atoms with Crippen molar-refractivity contribution in [2.75, 3.05) is 13.2 Å². The Hall–Kier alpha value is -0.983. The first kappa shape index (κ1) is 19.3. The third kappa shape index (κ3) is 5.01. The monoisotopic (exact) mass is 354 g/mol. The zero-order valence-electron chi connectivity index (χ0n) is 15.1. The van der Waals surface area contributed by atoms with Gasteiger partial charge in [0.05, 0.1) is 11.8 Å². The molecule has 0 amide bonds. The minimum Gasteiger partial charge on any atom is -0.393 e. The van der Waals surface area contributed by atoms with Gasteiger partial charge in [-0.25, -0.2) is 0 Å². The minimum absolute atomic E-state index is 0.275. The summed E-state index contributed by atoms with van der Waals surface area (Å²) >= 11 is 0. The van der Waals surface area contributed by atoms with Gasteiger partial charge in [0, 0.05) is 13.2 Å². The fourth-order valence-electron chi connectivity index (χ4n) is 3.29. The lowest BCUT2D eigenvalue weighted by Gasteiger charge is -2.33. The maximum Gasteiger partial charge on any atom is 0.317 e. The molecule has 1 fully saturated rings. The molecule has 1 aliphatic carbocycles. The van der Waals surface area contributed by atoms with E-state index >= 15 is 0 Å². The number of hydrogen-bond acceptors (Lipinski definition) is 5. The molecule has 0 aromatic rings. The largest absolute Gasteiger partial charge is 0.393 e. The molecule has 2 aliphatic rings. The van der Waals surface area contributed by atoms with Gasteiger partial charge in [0.1, 0.15) is 14.9 Å². The number of carbonyl (C=O) groups is 2. The van der Waals surface area contributed by atoms with Gasteiger partial charge in [0.15, 0.2) is 0 Å². The molecule has 24 heavy (non-hydrogen) atoms. The second-order valence-electron chi connectivity index (χ2n) is 6.97. The fourth-order valence-corrected chi connectivity index (χ4v) is 5.37. The van der Waals surface area contributed by atoms with Crippen molar-refractivity contribution in [1.82, 2.24) is 0 Å². The summed E-state index contributed by atoms with van der Waals surface area (Å²) in [7, 11) is -0.851. The van der Waals surface area contributed by atoms with E-state index in [0.29, 0.717) is 26.1 Å². The molecule has 0 spiro atoms. The Labute approximate surface area is 146 Å². The number of cyclic esters (lactones) is 2. The van der Waals surface area contributed by atoms with E-state index < -0.39 is 14.9 Å². The van der Waals surface area contributed by atoms with Crippen LogP contribution < -0.4 is 0 Å². The number of fused-ring (bicyclic) bond motifs is 1. The molecule has 0 bridgehead atoms. The van der Waals surface area contributed by atoms with Crippen LogP contribution in [0.15, 0.2) is 11.3 Å². The summed E-state index contributed by atoms with van der Waals surface area (Å²) in [5.74, 6) is -1.28. The Morgan fingerprint density at radius 1 is 1.12 bits per heavy atom. The van der Waals surface area contributed by atoms with Gasteiger partial charge in [-0.1, -0.05) is 38.0 Å².